The van der Waals surface area contributed by atoms with Crippen LogP contribution in [0.25, 0.3) is 0 Å². The van der Waals surface area contributed by atoms with Gasteiger partial charge in [-0.2, -0.15) is 33.7 Å². The molecule has 0 amide bonds. The van der Waals surface area contributed by atoms with Crippen LogP contribution in [0, 0.1) is 0 Å². The standard InChI is InChI=1S/C15H27F5OS/c16-14(17,15(18,19)20)10-9-13-22-12-8-6-4-2-1-3-5-7-11-21/h21H,1-13H2. The molecular formula is C15H27F5OS. The Morgan fingerprint density at radius 1 is 0.636 bits per heavy atom. The van der Waals surface area contributed by atoms with Gasteiger partial charge in [0.25, 0.3) is 0 Å². The van der Waals surface area contributed by atoms with Gasteiger partial charge in [-0.05, 0) is 30.8 Å². The van der Waals surface area contributed by atoms with Crippen molar-refractivity contribution in [2.75, 3.05) is 18.1 Å². The van der Waals surface area contributed by atoms with E-state index in [0.29, 0.717) is 5.75 Å². The summed E-state index contributed by atoms with van der Waals surface area (Å²) in [6.07, 6.45) is 1.94. The monoisotopic (exact) mass is 350 g/mol. The van der Waals surface area contributed by atoms with Gasteiger partial charge in [-0.15, -0.1) is 0 Å². The first-order chi connectivity index (χ1) is 10.3. The maximum atomic E-state index is 12.6. The molecule has 7 heteroatoms. The number of hydrogen-bond donors (Lipinski definition) is 1. The van der Waals surface area contributed by atoms with Gasteiger partial charge in [-0.1, -0.05) is 38.5 Å². The van der Waals surface area contributed by atoms with Gasteiger partial charge in [0, 0.05) is 13.0 Å². The molecule has 0 heterocycles. The molecule has 0 unspecified atom stereocenters. The van der Waals surface area contributed by atoms with Crippen LogP contribution in [-0.2, 0) is 0 Å². The minimum Gasteiger partial charge on any atom is -0.396 e. The molecule has 0 spiro atoms. The Hall–Kier alpha value is -0.0400. The summed E-state index contributed by atoms with van der Waals surface area (Å²) in [7, 11) is 0. The fraction of sp³-hybridized carbons (Fsp3) is 1.00. The summed E-state index contributed by atoms with van der Waals surface area (Å²) < 4.78 is 60.9. The van der Waals surface area contributed by atoms with Crippen LogP contribution >= 0.6 is 11.8 Å². The van der Waals surface area contributed by atoms with Crippen LogP contribution < -0.4 is 0 Å². The van der Waals surface area contributed by atoms with E-state index in [0.717, 1.165) is 50.7 Å². The van der Waals surface area contributed by atoms with Crippen molar-refractivity contribution >= 4 is 11.8 Å². The van der Waals surface area contributed by atoms with Gasteiger partial charge in [0.15, 0.2) is 0 Å². The number of rotatable bonds is 14. The van der Waals surface area contributed by atoms with E-state index in [1.165, 1.54) is 18.2 Å². The van der Waals surface area contributed by atoms with Crippen LogP contribution in [0.1, 0.15) is 64.2 Å². The summed E-state index contributed by atoms with van der Waals surface area (Å²) in [4.78, 5) is 0. The molecule has 1 N–H and O–H groups in total. The average Bonchev–Trinajstić information content (AvgIpc) is 2.42. The van der Waals surface area contributed by atoms with Gasteiger partial charge < -0.3 is 5.11 Å². The molecule has 0 fully saturated rings. The first kappa shape index (κ1) is 22.0. The van der Waals surface area contributed by atoms with Gasteiger partial charge in [0.05, 0.1) is 0 Å². The number of aliphatic hydroxyl groups excluding tert-OH is 1. The molecule has 0 saturated heterocycles. The number of aliphatic hydroxyl groups is 1. The smallest absolute Gasteiger partial charge is 0.396 e. The van der Waals surface area contributed by atoms with Crippen molar-refractivity contribution in [1.29, 1.82) is 0 Å². The van der Waals surface area contributed by atoms with E-state index < -0.39 is 18.5 Å². The second kappa shape index (κ2) is 12.4. The minimum atomic E-state index is -5.42. The zero-order valence-electron chi connectivity index (χ0n) is 12.9. The van der Waals surface area contributed by atoms with E-state index in [1.807, 2.05) is 0 Å². The van der Waals surface area contributed by atoms with Gasteiger partial charge in [0.2, 0.25) is 0 Å². The molecule has 0 bridgehead atoms. The lowest BCUT2D eigenvalue weighted by Crippen LogP contribution is -2.36. The second-order valence-corrected chi connectivity index (χ2v) is 6.69. The Labute approximate surface area is 134 Å². The fourth-order valence-corrected chi connectivity index (χ4v) is 2.98. The molecule has 0 aliphatic heterocycles. The normalized spacial score (nSPS) is 12.8. The molecule has 134 valence electrons. The van der Waals surface area contributed by atoms with Gasteiger partial charge in [-0.3, -0.25) is 0 Å². The number of thioether (sulfide) groups is 1. The Kier molecular flexibility index (Phi) is 12.4. The molecule has 0 aliphatic carbocycles. The van der Waals surface area contributed by atoms with E-state index in [1.54, 1.807) is 0 Å². The number of halogens is 5. The lowest BCUT2D eigenvalue weighted by atomic mass is 10.1. The lowest BCUT2D eigenvalue weighted by molar-refractivity contribution is -0.284. The van der Waals surface area contributed by atoms with Gasteiger partial charge >= 0.3 is 12.1 Å². The third-order valence-corrected chi connectivity index (χ3v) is 4.55. The van der Waals surface area contributed by atoms with E-state index in [2.05, 4.69) is 0 Å². The largest absolute Gasteiger partial charge is 0.453 e. The zero-order valence-corrected chi connectivity index (χ0v) is 13.8. The number of hydrogen-bond acceptors (Lipinski definition) is 2. The van der Waals surface area contributed by atoms with Crippen molar-refractivity contribution in [1.82, 2.24) is 0 Å². The topological polar surface area (TPSA) is 20.2 Å². The van der Waals surface area contributed by atoms with Crippen LogP contribution in [0.2, 0.25) is 0 Å². The van der Waals surface area contributed by atoms with E-state index >= 15 is 0 Å². The predicted molar refractivity (Wildman–Crippen MR) is 81.6 cm³/mol. The van der Waals surface area contributed by atoms with E-state index in [9.17, 15) is 22.0 Å². The molecule has 1 nitrogen and oxygen atoms in total. The van der Waals surface area contributed by atoms with Gasteiger partial charge in [-0.25, -0.2) is 0 Å². The minimum absolute atomic E-state index is 0.109. The molecule has 0 aliphatic rings. The zero-order chi connectivity index (χ0) is 16.9. The van der Waals surface area contributed by atoms with Crippen LogP contribution in [0.4, 0.5) is 22.0 Å². The van der Waals surface area contributed by atoms with Crippen molar-refractivity contribution in [2.45, 2.75) is 76.3 Å². The Balaban J connectivity index is 3.28. The van der Waals surface area contributed by atoms with E-state index in [-0.39, 0.29) is 13.0 Å². The molecule has 0 atom stereocenters. The van der Waals surface area contributed by atoms with Gasteiger partial charge in [0.1, 0.15) is 0 Å². The third-order valence-electron chi connectivity index (χ3n) is 3.39. The highest BCUT2D eigenvalue weighted by atomic mass is 32.2. The maximum absolute atomic E-state index is 12.6. The molecule has 0 rings (SSSR count). The van der Waals surface area contributed by atoms with Crippen molar-refractivity contribution < 1.29 is 27.1 Å². The van der Waals surface area contributed by atoms with E-state index in [4.69, 9.17) is 5.11 Å². The quantitative estimate of drug-likeness (QED) is 0.315. The molecular weight excluding hydrogens is 323 g/mol. The van der Waals surface area contributed by atoms with Crippen LogP contribution in [-0.4, -0.2) is 35.3 Å². The summed E-state index contributed by atoms with van der Waals surface area (Å²) in [6, 6.07) is 0. The molecule has 0 aromatic rings. The molecule has 0 aromatic carbocycles. The fourth-order valence-electron chi connectivity index (χ4n) is 2.02. The summed E-state index contributed by atoms with van der Waals surface area (Å²) in [5.41, 5.74) is 0. The molecule has 0 saturated carbocycles. The van der Waals surface area contributed by atoms with Crippen molar-refractivity contribution in [3.8, 4) is 0 Å². The highest BCUT2D eigenvalue weighted by Gasteiger charge is 2.56. The first-order valence-electron chi connectivity index (χ1n) is 7.94. The summed E-state index contributed by atoms with van der Waals surface area (Å²) in [5.74, 6) is -3.38. The summed E-state index contributed by atoms with van der Waals surface area (Å²) in [5, 5.41) is 8.61. The number of alkyl halides is 5. The summed E-state index contributed by atoms with van der Waals surface area (Å²) >= 11 is 1.45. The highest BCUT2D eigenvalue weighted by Crippen LogP contribution is 2.39. The van der Waals surface area contributed by atoms with Crippen LogP contribution in [0.15, 0.2) is 0 Å². The first-order valence-corrected chi connectivity index (χ1v) is 9.10. The molecule has 0 radical (unpaired) electrons. The Bertz CT molecular complexity index is 259. The lowest BCUT2D eigenvalue weighted by Gasteiger charge is -2.19. The van der Waals surface area contributed by atoms with Crippen molar-refractivity contribution in [3.63, 3.8) is 0 Å². The third kappa shape index (κ3) is 11.5. The molecule has 22 heavy (non-hydrogen) atoms. The SMILES string of the molecule is OCCCCCCCCCCSCCCC(F)(F)C(F)(F)F. The van der Waals surface area contributed by atoms with Crippen LogP contribution in [0.3, 0.4) is 0 Å². The van der Waals surface area contributed by atoms with Crippen LogP contribution in [0.5, 0.6) is 0 Å². The molecule has 0 aromatic heterocycles. The summed E-state index contributed by atoms with van der Waals surface area (Å²) in [6.45, 7) is 0.256. The number of unbranched alkanes of at least 4 members (excludes halogenated alkanes) is 7. The maximum Gasteiger partial charge on any atom is 0.453 e. The van der Waals surface area contributed by atoms with Crippen molar-refractivity contribution in [3.05, 3.63) is 0 Å². The predicted octanol–water partition coefficient (Wildman–Crippen LogP) is 5.81. The Morgan fingerprint density at radius 3 is 1.59 bits per heavy atom. The average molecular weight is 350 g/mol. The Morgan fingerprint density at radius 2 is 1.09 bits per heavy atom. The van der Waals surface area contributed by atoms with Crippen molar-refractivity contribution in [2.24, 2.45) is 0 Å². The second-order valence-electron chi connectivity index (χ2n) is 5.47. The highest BCUT2D eigenvalue weighted by molar-refractivity contribution is 7.99.